The van der Waals surface area contributed by atoms with Crippen LogP contribution in [0.25, 0.3) is 0 Å². The molecule has 2 aromatic rings. The highest BCUT2D eigenvalue weighted by Crippen LogP contribution is 2.40. The summed E-state index contributed by atoms with van der Waals surface area (Å²) in [5.74, 6) is 3.11. The van der Waals surface area contributed by atoms with Gasteiger partial charge < -0.3 is 24.8 Å². The highest BCUT2D eigenvalue weighted by Gasteiger charge is 2.13. The second-order valence-corrected chi connectivity index (χ2v) is 5.13. The maximum atomic E-state index is 5.34. The fourth-order valence-electron chi connectivity index (χ4n) is 2.10. The smallest absolute Gasteiger partial charge is 0.203 e. The van der Waals surface area contributed by atoms with Crippen molar-refractivity contribution >= 4 is 17.3 Å². The number of anilines is 3. The van der Waals surface area contributed by atoms with Crippen LogP contribution in [0.2, 0.25) is 0 Å². The Morgan fingerprint density at radius 2 is 1.48 bits per heavy atom. The monoisotopic (exact) mass is 318 g/mol. The molecule has 23 heavy (non-hydrogen) atoms. The predicted molar refractivity (Wildman–Crippen MR) is 90.2 cm³/mol. The molecule has 7 nitrogen and oxygen atoms in total. The van der Waals surface area contributed by atoms with E-state index in [1.54, 1.807) is 21.3 Å². The van der Waals surface area contributed by atoms with Gasteiger partial charge in [0.15, 0.2) is 11.5 Å². The predicted octanol–water partition coefficient (Wildman–Crippen LogP) is 3.07. The van der Waals surface area contributed by atoms with Gasteiger partial charge in [-0.3, -0.25) is 0 Å². The van der Waals surface area contributed by atoms with Gasteiger partial charge in [0.2, 0.25) is 5.75 Å². The minimum atomic E-state index is 0.291. The summed E-state index contributed by atoms with van der Waals surface area (Å²) in [7, 11) is 4.73. The second-order valence-electron chi connectivity index (χ2n) is 5.13. The quantitative estimate of drug-likeness (QED) is 0.812. The molecule has 0 amide bonds. The van der Waals surface area contributed by atoms with Crippen molar-refractivity contribution in [3.05, 3.63) is 24.5 Å². The Morgan fingerprint density at radius 3 is 2.00 bits per heavy atom. The van der Waals surface area contributed by atoms with Crippen LogP contribution in [0.15, 0.2) is 24.5 Å². The minimum Gasteiger partial charge on any atom is -0.493 e. The van der Waals surface area contributed by atoms with E-state index in [1.807, 2.05) is 18.2 Å². The van der Waals surface area contributed by atoms with Gasteiger partial charge >= 0.3 is 0 Å². The van der Waals surface area contributed by atoms with E-state index in [0.29, 0.717) is 29.1 Å². The molecule has 2 rings (SSSR count). The highest BCUT2D eigenvalue weighted by atomic mass is 16.5. The number of benzene rings is 1. The second kappa shape index (κ2) is 7.53. The largest absolute Gasteiger partial charge is 0.493 e. The fraction of sp³-hybridized carbons (Fsp3) is 0.375. The van der Waals surface area contributed by atoms with E-state index in [9.17, 15) is 0 Å². The van der Waals surface area contributed by atoms with Crippen molar-refractivity contribution in [1.82, 2.24) is 9.97 Å². The van der Waals surface area contributed by atoms with Gasteiger partial charge in [-0.15, -0.1) is 0 Å². The molecule has 7 heteroatoms. The van der Waals surface area contributed by atoms with E-state index >= 15 is 0 Å². The van der Waals surface area contributed by atoms with Crippen LogP contribution >= 0.6 is 0 Å². The molecular formula is C16H22N4O3. The van der Waals surface area contributed by atoms with Gasteiger partial charge in [0, 0.05) is 29.9 Å². The van der Waals surface area contributed by atoms with Gasteiger partial charge in [-0.2, -0.15) is 0 Å². The first-order chi connectivity index (χ1) is 11.1. The standard InChI is InChI=1S/C16H22N4O3/c1-10(2)19-14-8-15(18-9-17-14)20-11-6-12(21-3)16(23-5)13(7-11)22-4/h6-10H,1-5H3,(H2,17,18,19,20). The number of hydrogen-bond donors (Lipinski definition) is 2. The first-order valence-corrected chi connectivity index (χ1v) is 7.23. The van der Waals surface area contributed by atoms with Crippen LogP contribution in [-0.2, 0) is 0 Å². The molecular weight excluding hydrogens is 296 g/mol. The number of rotatable bonds is 7. The van der Waals surface area contributed by atoms with Crippen molar-refractivity contribution in [2.45, 2.75) is 19.9 Å². The maximum absolute atomic E-state index is 5.34. The summed E-state index contributed by atoms with van der Waals surface area (Å²) in [6.45, 7) is 4.10. The van der Waals surface area contributed by atoms with Crippen LogP contribution in [0.4, 0.5) is 17.3 Å². The summed E-state index contributed by atoms with van der Waals surface area (Å²) in [4.78, 5) is 8.40. The van der Waals surface area contributed by atoms with Crippen LogP contribution in [0.3, 0.4) is 0 Å². The number of aromatic nitrogens is 2. The number of ether oxygens (including phenoxy) is 3. The molecule has 1 heterocycles. The summed E-state index contributed by atoms with van der Waals surface area (Å²) in [5.41, 5.74) is 0.772. The molecule has 0 aliphatic carbocycles. The number of nitrogens with zero attached hydrogens (tertiary/aromatic N) is 2. The molecule has 0 aliphatic heterocycles. The molecule has 124 valence electrons. The van der Waals surface area contributed by atoms with Gasteiger partial charge in [-0.05, 0) is 13.8 Å². The molecule has 0 radical (unpaired) electrons. The lowest BCUT2D eigenvalue weighted by Crippen LogP contribution is -2.11. The number of nitrogens with one attached hydrogen (secondary N) is 2. The topological polar surface area (TPSA) is 77.5 Å². The van der Waals surface area contributed by atoms with E-state index in [1.165, 1.54) is 6.33 Å². The zero-order valence-corrected chi connectivity index (χ0v) is 14.0. The molecule has 0 atom stereocenters. The molecule has 0 aliphatic rings. The Labute approximate surface area is 136 Å². The van der Waals surface area contributed by atoms with Gasteiger partial charge in [-0.25, -0.2) is 9.97 Å². The van der Waals surface area contributed by atoms with E-state index in [-0.39, 0.29) is 0 Å². The molecule has 1 aromatic carbocycles. The Balaban J connectivity index is 2.29. The Hall–Kier alpha value is -2.70. The SMILES string of the molecule is COc1cc(Nc2cc(NC(C)C)ncn2)cc(OC)c1OC. The summed E-state index contributed by atoms with van der Waals surface area (Å²) in [6, 6.07) is 5.76. The lowest BCUT2D eigenvalue weighted by Gasteiger charge is -2.15. The summed E-state index contributed by atoms with van der Waals surface area (Å²) in [5, 5.41) is 6.45. The Morgan fingerprint density at radius 1 is 0.870 bits per heavy atom. The molecule has 1 aromatic heterocycles. The summed E-state index contributed by atoms with van der Waals surface area (Å²) >= 11 is 0. The van der Waals surface area contributed by atoms with Crippen molar-refractivity contribution in [3.8, 4) is 17.2 Å². The normalized spacial score (nSPS) is 10.3. The van der Waals surface area contributed by atoms with E-state index < -0.39 is 0 Å². The maximum Gasteiger partial charge on any atom is 0.203 e. The highest BCUT2D eigenvalue weighted by molar-refractivity contribution is 5.67. The van der Waals surface area contributed by atoms with Crippen LogP contribution < -0.4 is 24.8 Å². The van der Waals surface area contributed by atoms with Crippen molar-refractivity contribution in [1.29, 1.82) is 0 Å². The van der Waals surface area contributed by atoms with Crippen molar-refractivity contribution in [3.63, 3.8) is 0 Å². The van der Waals surface area contributed by atoms with Crippen LogP contribution in [0.1, 0.15) is 13.8 Å². The first kappa shape index (κ1) is 16.7. The molecule has 0 fully saturated rings. The minimum absolute atomic E-state index is 0.291. The van der Waals surface area contributed by atoms with Gasteiger partial charge in [0.1, 0.15) is 18.0 Å². The summed E-state index contributed by atoms with van der Waals surface area (Å²) in [6.07, 6.45) is 1.50. The van der Waals surface area contributed by atoms with Crippen molar-refractivity contribution in [2.24, 2.45) is 0 Å². The zero-order chi connectivity index (χ0) is 16.8. The van der Waals surface area contributed by atoms with Crippen LogP contribution in [0, 0.1) is 0 Å². The van der Waals surface area contributed by atoms with Crippen LogP contribution in [0.5, 0.6) is 17.2 Å². The zero-order valence-electron chi connectivity index (χ0n) is 14.0. The third-order valence-electron chi connectivity index (χ3n) is 3.04. The Bertz CT molecular complexity index is 637. The molecule has 0 saturated heterocycles. The first-order valence-electron chi connectivity index (χ1n) is 7.23. The average Bonchev–Trinajstić information content (AvgIpc) is 2.53. The van der Waals surface area contributed by atoms with E-state index in [4.69, 9.17) is 14.2 Å². The number of hydrogen-bond acceptors (Lipinski definition) is 7. The Kier molecular flexibility index (Phi) is 5.46. The van der Waals surface area contributed by atoms with Gasteiger partial charge in [0.25, 0.3) is 0 Å². The lowest BCUT2D eigenvalue weighted by atomic mass is 10.2. The van der Waals surface area contributed by atoms with E-state index in [0.717, 1.165) is 11.5 Å². The van der Waals surface area contributed by atoms with E-state index in [2.05, 4.69) is 34.4 Å². The fourth-order valence-corrected chi connectivity index (χ4v) is 2.10. The van der Waals surface area contributed by atoms with Gasteiger partial charge in [-0.1, -0.05) is 0 Å². The lowest BCUT2D eigenvalue weighted by molar-refractivity contribution is 0.324. The summed E-state index contributed by atoms with van der Waals surface area (Å²) < 4.78 is 16.0. The van der Waals surface area contributed by atoms with Crippen LogP contribution in [-0.4, -0.2) is 37.3 Å². The third kappa shape index (κ3) is 4.15. The third-order valence-corrected chi connectivity index (χ3v) is 3.04. The molecule has 0 saturated carbocycles. The average molecular weight is 318 g/mol. The van der Waals surface area contributed by atoms with Gasteiger partial charge in [0.05, 0.1) is 21.3 Å². The molecule has 2 N–H and O–H groups in total. The van der Waals surface area contributed by atoms with Crippen molar-refractivity contribution < 1.29 is 14.2 Å². The molecule has 0 unspecified atom stereocenters. The van der Waals surface area contributed by atoms with Crippen molar-refractivity contribution in [2.75, 3.05) is 32.0 Å². The molecule has 0 bridgehead atoms. The molecule has 0 spiro atoms. The number of methoxy groups -OCH3 is 3.